The minimum atomic E-state index is -3.46. The molecule has 1 saturated carbocycles. The predicted molar refractivity (Wildman–Crippen MR) is 86.0 cm³/mol. The quantitative estimate of drug-likeness (QED) is 0.842. The zero-order valence-electron chi connectivity index (χ0n) is 12.4. The van der Waals surface area contributed by atoms with Crippen LogP contribution in [0.2, 0.25) is 5.02 Å². The molecule has 1 aromatic carbocycles. The Labute approximate surface area is 132 Å². The first kappa shape index (κ1) is 16.7. The third kappa shape index (κ3) is 4.68. The molecule has 0 unspecified atom stereocenters. The highest BCUT2D eigenvalue weighted by Gasteiger charge is 2.22. The van der Waals surface area contributed by atoms with Crippen LogP contribution < -0.4 is 10.0 Å². The highest BCUT2D eigenvalue weighted by atomic mass is 35.5. The fraction of sp³-hybridized carbons (Fsp3) is 0.600. The zero-order valence-corrected chi connectivity index (χ0v) is 13.9. The standard InChI is InChI=1S/C15H23ClN2O2S/c1-2-17-11-12-10-14(8-9-15(12)16)21(19,20)18-13-6-4-3-5-7-13/h8-10,13,17-18H,2-7,11H2,1H3. The summed E-state index contributed by atoms with van der Waals surface area (Å²) in [7, 11) is -3.46. The van der Waals surface area contributed by atoms with Gasteiger partial charge in [-0.25, -0.2) is 13.1 Å². The van der Waals surface area contributed by atoms with Crippen LogP contribution in [0.3, 0.4) is 0 Å². The van der Waals surface area contributed by atoms with Crippen LogP contribution in [0.1, 0.15) is 44.6 Å². The van der Waals surface area contributed by atoms with E-state index in [9.17, 15) is 8.42 Å². The molecule has 0 aliphatic heterocycles. The lowest BCUT2D eigenvalue weighted by Crippen LogP contribution is -2.36. The second-order valence-electron chi connectivity index (χ2n) is 5.49. The summed E-state index contributed by atoms with van der Waals surface area (Å²) >= 11 is 6.12. The second-order valence-corrected chi connectivity index (χ2v) is 7.61. The van der Waals surface area contributed by atoms with Crippen molar-refractivity contribution in [3.05, 3.63) is 28.8 Å². The van der Waals surface area contributed by atoms with E-state index in [-0.39, 0.29) is 6.04 Å². The van der Waals surface area contributed by atoms with Crippen molar-refractivity contribution in [2.24, 2.45) is 0 Å². The van der Waals surface area contributed by atoms with Gasteiger partial charge in [-0.15, -0.1) is 0 Å². The van der Waals surface area contributed by atoms with Crippen molar-refractivity contribution in [3.63, 3.8) is 0 Å². The molecule has 1 aliphatic carbocycles. The Kier molecular flexibility index (Phi) is 6.05. The summed E-state index contributed by atoms with van der Waals surface area (Å²) < 4.78 is 27.7. The van der Waals surface area contributed by atoms with Crippen LogP contribution in [0.15, 0.2) is 23.1 Å². The number of rotatable bonds is 6. The molecule has 6 heteroatoms. The van der Waals surface area contributed by atoms with E-state index in [4.69, 9.17) is 11.6 Å². The normalized spacial score (nSPS) is 17.0. The fourth-order valence-corrected chi connectivity index (χ4v) is 4.16. The van der Waals surface area contributed by atoms with E-state index in [0.717, 1.165) is 37.8 Å². The van der Waals surface area contributed by atoms with Gasteiger partial charge in [0.05, 0.1) is 4.90 Å². The summed E-state index contributed by atoms with van der Waals surface area (Å²) in [6.45, 7) is 3.38. The van der Waals surface area contributed by atoms with Gasteiger partial charge in [-0.2, -0.15) is 0 Å². The molecule has 1 fully saturated rings. The molecule has 1 aliphatic rings. The van der Waals surface area contributed by atoms with Crippen LogP contribution in [0.4, 0.5) is 0 Å². The molecule has 0 heterocycles. The molecule has 4 nitrogen and oxygen atoms in total. The van der Waals surface area contributed by atoms with Crippen LogP contribution in [0, 0.1) is 0 Å². The van der Waals surface area contributed by atoms with E-state index < -0.39 is 10.0 Å². The summed E-state index contributed by atoms with van der Waals surface area (Å²) in [6.07, 6.45) is 5.25. The molecule has 0 amide bonds. The van der Waals surface area contributed by atoms with Crippen molar-refractivity contribution >= 4 is 21.6 Å². The van der Waals surface area contributed by atoms with Crippen molar-refractivity contribution < 1.29 is 8.42 Å². The molecular weight excluding hydrogens is 308 g/mol. The number of halogens is 1. The molecule has 0 spiro atoms. The maximum atomic E-state index is 12.5. The van der Waals surface area contributed by atoms with Crippen molar-refractivity contribution in [2.75, 3.05) is 6.54 Å². The Balaban J connectivity index is 2.14. The minimum absolute atomic E-state index is 0.0663. The van der Waals surface area contributed by atoms with E-state index in [1.54, 1.807) is 18.2 Å². The molecule has 0 radical (unpaired) electrons. The molecule has 0 aromatic heterocycles. The number of nitrogens with one attached hydrogen (secondary N) is 2. The van der Waals surface area contributed by atoms with Gasteiger partial charge in [-0.05, 0) is 43.1 Å². The molecular formula is C15H23ClN2O2S. The summed E-state index contributed by atoms with van der Waals surface area (Å²) in [4.78, 5) is 0.297. The van der Waals surface area contributed by atoms with E-state index in [1.807, 2.05) is 6.92 Å². The van der Waals surface area contributed by atoms with Gasteiger partial charge in [0.1, 0.15) is 0 Å². The minimum Gasteiger partial charge on any atom is -0.313 e. The van der Waals surface area contributed by atoms with Crippen molar-refractivity contribution in [2.45, 2.75) is 56.5 Å². The fourth-order valence-electron chi connectivity index (χ4n) is 2.62. The number of sulfonamides is 1. The lowest BCUT2D eigenvalue weighted by atomic mass is 9.96. The maximum absolute atomic E-state index is 12.5. The highest BCUT2D eigenvalue weighted by Crippen LogP contribution is 2.23. The lowest BCUT2D eigenvalue weighted by molar-refractivity contribution is 0.412. The molecule has 2 N–H and O–H groups in total. The Hall–Kier alpha value is -0.620. The average Bonchev–Trinajstić information content (AvgIpc) is 2.47. The number of hydrogen-bond donors (Lipinski definition) is 2. The molecule has 0 bridgehead atoms. The molecule has 2 rings (SSSR count). The first-order valence-electron chi connectivity index (χ1n) is 7.54. The van der Waals surface area contributed by atoms with Crippen LogP contribution in [-0.2, 0) is 16.6 Å². The van der Waals surface area contributed by atoms with Gasteiger partial charge < -0.3 is 5.32 Å². The predicted octanol–water partition coefficient (Wildman–Crippen LogP) is 3.06. The highest BCUT2D eigenvalue weighted by molar-refractivity contribution is 7.89. The molecule has 21 heavy (non-hydrogen) atoms. The van der Waals surface area contributed by atoms with Gasteiger partial charge in [-0.1, -0.05) is 37.8 Å². The molecule has 118 valence electrons. The lowest BCUT2D eigenvalue weighted by Gasteiger charge is -2.22. The molecule has 0 saturated heterocycles. The van der Waals surface area contributed by atoms with E-state index >= 15 is 0 Å². The van der Waals surface area contributed by atoms with Crippen molar-refractivity contribution in [1.82, 2.24) is 10.0 Å². The summed E-state index contributed by atoms with van der Waals surface area (Å²) in [5.74, 6) is 0. The Morgan fingerprint density at radius 1 is 1.24 bits per heavy atom. The van der Waals surface area contributed by atoms with E-state index in [1.165, 1.54) is 6.42 Å². The van der Waals surface area contributed by atoms with Crippen molar-refractivity contribution in [1.29, 1.82) is 0 Å². The summed E-state index contributed by atoms with van der Waals surface area (Å²) in [6, 6.07) is 4.96. The van der Waals surface area contributed by atoms with Crippen LogP contribution in [-0.4, -0.2) is 21.0 Å². The van der Waals surface area contributed by atoms with Gasteiger partial charge in [0.15, 0.2) is 0 Å². The first-order chi connectivity index (χ1) is 10.0. The van der Waals surface area contributed by atoms with Gasteiger partial charge in [0, 0.05) is 17.6 Å². The Morgan fingerprint density at radius 2 is 1.95 bits per heavy atom. The second kappa shape index (κ2) is 7.58. The van der Waals surface area contributed by atoms with Crippen LogP contribution in [0.5, 0.6) is 0 Å². The van der Waals surface area contributed by atoms with Gasteiger partial charge in [-0.3, -0.25) is 0 Å². The maximum Gasteiger partial charge on any atom is 0.240 e. The van der Waals surface area contributed by atoms with Crippen LogP contribution in [0.25, 0.3) is 0 Å². The largest absolute Gasteiger partial charge is 0.313 e. The molecule has 0 atom stereocenters. The third-order valence-corrected chi connectivity index (χ3v) is 5.71. The average molecular weight is 331 g/mol. The van der Waals surface area contributed by atoms with E-state index in [0.29, 0.717) is 16.5 Å². The summed E-state index contributed by atoms with van der Waals surface area (Å²) in [5, 5.41) is 3.76. The third-order valence-electron chi connectivity index (χ3n) is 3.82. The zero-order chi connectivity index (χ0) is 15.3. The number of benzene rings is 1. The van der Waals surface area contributed by atoms with Gasteiger partial charge >= 0.3 is 0 Å². The first-order valence-corrected chi connectivity index (χ1v) is 9.40. The topological polar surface area (TPSA) is 58.2 Å². The summed E-state index contributed by atoms with van der Waals surface area (Å²) in [5.41, 5.74) is 0.810. The van der Waals surface area contributed by atoms with Gasteiger partial charge in [0.25, 0.3) is 0 Å². The van der Waals surface area contributed by atoms with E-state index in [2.05, 4.69) is 10.0 Å². The number of hydrogen-bond acceptors (Lipinski definition) is 3. The Bertz CT molecular complexity index is 569. The monoisotopic (exact) mass is 330 g/mol. The van der Waals surface area contributed by atoms with Crippen LogP contribution >= 0.6 is 11.6 Å². The van der Waals surface area contributed by atoms with Gasteiger partial charge in [0.2, 0.25) is 10.0 Å². The Morgan fingerprint density at radius 3 is 2.62 bits per heavy atom. The van der Waals surface area contributed by atoms with Crippen molar-refractivity contribution in [3.8, 4) is 0 Å². The smallest absolute Gasteiger partial charge is 0.240 e. The molecule has 1 aromatic rings. The SMILES string of the molecule is CCNCc1cc(S(=O)(=O)NC2CCCCC2)ccc1Cl.